The highest BCUT2D eigenvalue weighted by atomic mass is 35.5. The zero-order valence-corrected chi connectivity index (χ0v) is 28.0. The van der Waals surface area contributed by atoms with E-state index < -0.39 is 23.1 Å². The number of likely N-dealkylation sites (tertiary alicyclic amines) is 1. The minimum Gasteiger partial charge on any atom is -0.505 e. The average Bonchev–Trinajstić information content (AvgIpc) is 3.87. The number of halogens is 4. The summed E-state index contributed by atoms with van der Waals surface area (Å²) in [7, 11) is 0. The summed E-state index contributed by atoms with van der Waals surface area (Å²) in [5.41, 5.74) is 0.150. The van der Waals surface area contributed by atoms with Crippen LogP contribution in [0.1, 0.15) is 71.7 Å². The van der Waals surface area contributed by atoms with Gasteiger partial charge in [0.25, 0.3) is 11.5 Å². The molecule has 16 heteroatoms. The van der Waals surface area contributed by atoms with E-state index in [9.17, 15) is 32.7 Å². The van der Waals surface area contributed by atoms with Crippen LogP contribution in [-0.2, 0) is 34.1 Å². The van der Waals surface area contributed by atoms with E-state index in [1.165, 1.54) is 16.8 Å². The molecule has 8 rings (SSSR count). The first-order valence-corrected chi connectivity index (χ1v) is 17.3. The van der Waals surface area contributed by atoms with Crippen LogP contribution in [0.25, 0.3) is 11.4 Å². The van der Waals surface area contributed by atoms with Gasteiger partial charge in [-0.05, 0) is 80.3 Å². The Labute approximate surface area is 293 Å². The van der Waals surface area contributed by atoms with Gasteiger partial charge in [0.1, 0.15) is 12.3 Å². The summed E-state index contributed by atoms with van der Waals surface area (Å²) in [4.78, 5) is 52.6. The molecule has 2 aliphatic carbocycles. The number of pyridine rings is 1. The average molecular weight is 724 g/mol. The van der Waals surface area contributed by atoms with E-state index in [-0.39, 0.29) is 57.9 Å². The van der Waals surface area contributed by atoms with E-state index in [4.69, 9.17) is 21.3 Å². The summed E-state index contributed by atoms with van der Waals surface area (Å²) in [6.07, 6.45) is 3.20. The molecule has 51 heavy (non-hydrogen) atoms. The van der Waals surface area contributed by atoms with Gasteiger partial charge in [0.2, 0.25) is 11.7 Å². The monoisotopic (exact) mass is 723 g/mol. The second-order valence-electron chi connectivity index (χ2n) is 13.5. The molecular formula is C35H33ClF3N7O5. The summed E-state index contributed by atoms with van der Waals surface area (Å²) < 4.78 is 48.1. The van der Waals surface area contributed by atoms with Crippen molar-refractivity contribution in [2.45, 2.75) is 69.1 Å². The molecule has 3 atom stereocenters. The molecule has 5 heterocycles. The fourth-order valence-electron chi connectivity index (χ4n) is 8.68. The molecular weight excluding hydrogens is 691 g/mol. The molecule has 0 bridgehead atoms. The molecule has 4 aromatic rings. The van der Waals surface area contributed by atoms with Crippen LogP contribution < -0.4 is 10.9 Å². The molecule has 266 valence electrons. The van der Waals surface area contributed by atoms with Crippen LogP contribution in [0.15, 0.2) is 47.4 Å². The molecule has 1 aromatic carbocycles. The number of hydrogen-bond donors (Lipinski definition) is 2. The number of nitrogens with one attached hydrogen (secondary N) is 1. The Morgan fingerprint density at radius 2 is 2.00 bits per heavy atom. The largest absolute Gasteiger partial charge is 0.505 e. The van der Waals surface area contributed by atoms with Crippen molar-refractivity contribution < 1.29 is 32.6 Å². The second-order valence-corrected chi connectivity index (χ2v) is 13.9. The number of aromatic nitrogens is 5. The number of anilines is 1. The summed E-state index contributed by atoms with van der Waals surface area (Å²) in [6, 6.07) is 5.51. The number of aromatic hydroxyl groups is 1. The molecule has 0 radical (unpaired) electrons. The fraction of sp³-hybridized carbons (Fsp3) is 0.429. The van der Waals surface area contributed by atoms with E-state index in [1.54, 1.807) is 15.5 Å². The number of hydrogen-bond acceptors (Lipinski definition) is 8. The second kappa shape index (κ2) is 12.5. The highest BCUT2D eigenvalue weighted by Crippen LogP contribution is 2.55. The van der Waals surface area contributed by atoms with Gasteiger partial charge in [0, 0.05) is 35.5 Å². The zero-order valence-electron chi connectivity index (χ0n) is 27.2. The van der Waals surface area contributed by atoms with Gasteiger partial charge < -0.3 is 24.6 Å². The molecule has 2 fully saturated rings. The highest BCUT2D eigenvalue weighted by molar-refractivity contribution is 6.33. The predicted octanol–water partition coefficient (Wildman–Crippen LogP) is 5.01. The van der Waals surface area contributed by atoms with Gasteiger partial charge in [0.15, 0.2) is 11.5 Å². The zero-order chi connectivity index (χ0) is 35.7. The Bertz CT molecular complexity index is 2180. The van der Waals surface area contributed by atoms with Gasteiger partial charge in [-0.15, -0.1) is 5.10 Å². The van der Waals surface area contributed by atoms with Crippen molar-refractivity contribution in [3.63, 3.8) is 0 Å². The van der Waals surface area contributed by atoms with Crippen LogP contribution in [0.2, 0.25) is 5.02 Å². The third kappa shape index (κ3) is 5.57. The molecule has 3 unspecified atom stereocenters. The first kappa shape index (κ1) is 33.4. The number of carbonyl (C=O) groups excluding carboxylic acids is 2. The Kier molecular flexibility index (Phi) is 8.17. The lowest BCUT2D eigenvalue weighted by molar-refractivity contribution is -0.137. The topological polar surface area (TPSA) is 144 Å². The maximum Gasteiger partial charge on any atom is 0.416 e. The van der Waals surface area contributed by atoms with Crippen LogP contribution in [0.3, 0.4) is 0 Å². The van der Waals surface area contributed by atoms with E-state index in [2.05, 4.69) is 15.4 Å². The molecule has 12 nitrogen and oxygen atoms in total. The minimum atomic E-state index is -4.60. The van der Waals surface area contributed by atoms with Crippen molar-refractivity contribution >= 4 is 40.5 Å². The van der Waals surface area contributed by atoms with Gasteiger partial charge >= 0.3 is 6.18 Å². The molecule has 1 saturated carbocycles. The molecule has 2 aliphatic heterocycles. The summed E-state index contributed by atoms with van der Waals surface area (Å²) in [5, 5.41) is 17.4. The molecule has 2 N–H and O–H groups in total. The quantitative estimate of drug-likeness (QED) is 0.293. The lowest BCUT2D eigenvalue weighted by atomic mass is 9.64. The third-order valence-electron chi connectivity index (χ3n) is 10.9. The smallest absolute Gasteiger partial charge is 0.416 e. The Morgan fingerprint density at radius 1 is 1.16 bits per heavy atom. The highest BCUT2D eigenvalue weighted by Gasteiger charge is 2.57. The lowest BCUT2D eigenvalue weighted by Crippen LogP contribution is -2.56. The Hall–Kier alpha value is -4.76. The summed E-state index contributed by atoms with van der Waals surface area (Å²) in [5.74, 6) is -0.659. The van der Waals surface area contributed by atoms with Crippen molar-refractivity contribution in [2.24, 2.45) is 5.92 Å². The molecule has 1 spiro atoms. The summed E-state index contributed by atoms with van der Waals surface area (Å²) in [6.45, 7) is 0.877. The van der Waals surface area contributed by atoms with Crippen molar-refractivity contribution in [1.29, 1.82) is 0 Å². The Balaban J connectivity index is 1.20. The van der Waals surface area contributed by atoms with E-state index in [1.807, 2.05) is 6.08 Å². The number of ether oxygens (including phenoxy) is 1. The number of piperidine rings is 1. The van der Waals surface area contributed by atoms with E-state index >= 15 is 0 Å². The van der Waals surface area contributed by atoms with Crippen molar-refractivity contribution in [1.82, 2.24) is 29.0 Å². The van der Waals surface area contributed by atoms with Crippen molar-refractivity contribution in [2.75, 3.05) is 25.1 Å². The SMILES string of the molecule is O=C(Cn1c2c(c(=O)n3nc(C4=CCOCC4)nc13)C1(CC2)CCN(C(=O)c2ncccc2O)C2CCCC21)Nc1ccc(C(F)(F)F)cc1Cl. The van der Waals surface area contributed by atoms with Crippen LogP contribution in [-0.4, -0.2) is 71.8 Å². The number of carbonyl (C=O) groups is 2. The maximum atomic E-state index is 14.6. The van der Waals surface area contributed by atoms with Crippen LogP contribution in [0.5, 0.6) is 5.75 Å². The van der Waals surface area contributed by atoms with Crippen molar-refractivity contribution in [3.05, 3.63) is 86.3 Å². The van der Waals surface area contributed by atoms with Gasteiger partial charge in [-0.3, -0.25) is 14.4 Å². The fourth-order valence-corrected chi connectivity index (χ4v) is 8.91. The lowest BCUT2D eigenvalue weighted by Gasteiger charge is -2.49. The number of benzene rings is 1. The first-order valence-electron chi connectivity index (χ1n) is 16.9. The standard InChI is InChI=1S/C35H33ClF3N7O5/c36-22-17-20(35(37,38)39)6-7-23(22)41-27(48)18-45-25-8-11-34(28(25)31(49)46-33(45)42-30(43-46)19-9-15-51-16-10-19)12-14-44(24-4-1-3-21(24)34)32(50)29-26(47)5-2-13-40-29/h2,5-7,9,13,17,21,24,47H,1,3-4,8,10-12,14-16,18H2,(H,41,48). The number of amides is 2. The normalized spacial score (nSPS) is 23.0. The van der Waals surface area contributed by atoms with Gasteiger partial charge in [-0.1, -0.05) is 24.1 Å². The first-order chi connectivity index (χ1) is 24.5. The summed E-state index contributed by atoms with van der Waals surface area (Å²) >= 11 is 6.16. The number of alkyl halides is 3. The molecule has 2 amide bonds. The number of nitrogens with zero attached hydrogens (tertiary/aromatic N) is 6. The third-order valence-corrected chi connectivity index (χ3v) is 11.2. The van der Waals surface area contributed by atoms with Gasteiger partial charge in [-0.25, -0.2) is 4.98 Å². The molecule has 3 aromatic heterocycles. The van der Waals surface area contributed by atoms with Crippen LogP contribution in [0.4, 0.5) is 18.9 Å². The molecule has 1 saturated heterocycles. The number of rotatable bonds is 5. The van der Waals surface area contributed by atoms with Gasteiger partial charge in [-0.2, -0.15) is 22.7 Å². The van der Waals surface area contributed by atoms with E-state index in [0.717, 1.165) is 43.0 Å². The van der Waals surface area contributed by atoms with Crippen LogP contribution in [0, 0.1) is 5.92 Å². The predicted molar refractivity (Wildman–Crippen MR) is 178 cm³/mol. The van der Waals surface area contributed by atoms with Gasteiger partial charge in [0.05, 0.1) is 29.5 Å². The minimum absolute atomic E-state index is 0.00768. The molecule has 4 aliphatic rings. The van der Waals surface area contributed by atoms with Crippen molar-refractivity contribution in [3.8, 4) is 5.75 Å². The van der Waals surface area contributed by atoms with E-state index in [0.29, 0.717) is 62.5 Å². The Morgan fingerprint density at radius 3 is 2.75 bits per heavy atom. The number of fused-ring (bicyclic) bond motifs is 5. The maximum absolute atomic E-state index is 14.6. The van der Waals surface area contributed by atoms with Crippen LogP contribution >= 0.6 is 11.6 Å².